The van der Waals surface area contributed by atoms with Crippen molar-refractivity contribution in [1.82, 2.24) is 15.0 Å². The predicted molar refractivity (Wildman–Crippen MR) is 89.2 cm³/mol. The van der Waals surface area contributed by atoms with Gasteiger partial charge in [-0.15, -0.1) is 0 Å². The fourth-order valence-electron chi connectivity index (χ4n) is 3.04. The van der Waals surface area contributed by atoms with E-state index in [1.165, 1.54) is 0 Å². The number of aliphatic hydroxyl groups is 1. The third kappa shape index (κ3) is 3.25. The van der Waals surface area contributed by atoms with E-state index in [2.05, 4.69) is 20.3 Å². The number of ether oxygens (including phenoxy) is 4. The lowest BCUT2D eigenvalue weighted by atomic mass is 10.1. The van der Waals surface area contributed by atoms with Crippen molar-refractivity contribution >= 4 is 28.6 Å². The number of aliphatic hydroxyl groups excluding tert-OH is 1. The number of rotatable bonds is 6. The molecule has 0 aromatic carbocycles. The molecule has 10 heteroatoms. The summed E-state index contributed by atoms with van der Waals surface area (Å²) >= 11 is 6.23. The van der Waals surface area contributed by atoms with Crippen molar-refractivity contribution in [3.63, 3.8) is 0 Å². The first-order valence-electron chi connectivity index (χ1n) is 8.02. The number of hydrogen-bond acceptors (Lipinski definition) is 8. The summed E-state index contributed by atoms with van der Waals surface area (Å²) in [5.41, 5.74) is 1.15. The zero-order valence-corrected chi connectivity index (χ0v) is 14.3. The molecule has 4 rings (SSSR count). The van der Waals surface area contributed by atoms with E-state index < -0.39 is 6.10 Å². The van der Waals surface area contributed by atoms with E-state index in [0.717, 1.165) is 0 Å². The standard InChI is InChI=1S/C15H19ClN4O5/c1-22-3-2-17-13-7(16)4-8-14(19-13)20-15(18-8)25-10-6-24-11-9(21)5-23-12(10)11/h4,9-12,21H,2-3,5-6H2,1H3,(H2,17,18,19,20)/t9-,10-,11-,12-/m1/s1. The Morgan fingerprint density at radius 3 is 3.04 bits per heavy atom. The van der Waals surface area contributed by atoms with Crippen LogP contribution in [0.15, 0.2) is 6.07 Å². The number of hydrogen-bond donors (Lipinski definition) is 3. The Morgan fingerprint density at radius 2 is 2.20 bits per heavy atom. The number of nitrogens with one attached hydrogen (secondary N) is 2. The van der Waals surface area contributed by atoms with Gasteiger partial charge in [0.1, 0.15) is 24.1 Å². The molecule has 0 spiro atoms. The van der Waals surface area contributed by atoms with E-state index >= 15 is 0 Å². The van der Waals surface area contributed by atoms with Gasteiger partial charge in [0, 0.05) is 13.7 Å². The van der Waals surface area contributed by atoms with Crippen LogP contribution >= 0.6 is 11.6 Å². The third-order valence-corrected chi connectivity index (χ3v) is 4.54. The highest BCUT2D eigenvalue weighted by Crippen LogP contribution is 2.30. The quantitative estimate of drug-likeness (QED) is 0.633. The van der Waals surface area contributed by atoms with Crippen LogP contribution in [0.2, 0.25) is 5.02 Å². The lowest BCUT2D eigenvalue weighted by Crippen LogP contribution is -2.34. The van der Waals surface area contributed by atoms with Crippen molar-refractivity contribution in [2.24, 2.45) is 0 Å². The minimum absolute atomic E-state index is 0.253. The normalized spacial score (nSPS) is 28.4. The molecule has 2 fully saturated rings. The molecule has 2 aromatic heterocycles. The van der Waals surface area contributed by atoms with E-state index in [1.54, 1.807) is 13.2 Å². The van der Waals surface area contributed by atoms with Crippen LogP contribution in [0.25, 0.3) is 11.2 Å². The van der Waals surface area contributed by atoms with Crippen molar-refractivity contribution in [2.45, 2.75) is 24.4 Å². The fourth-order valence-corrected chi connectivity index (χ4v) is 3.25. The van der Waals surface area contributed by atoms with E-state index in [9.17, 15) is 5.11 Å². The van der Waals surface area contributed by atoms with Gasteiger partial charge in [0.2, 0.25) is 0 Å². The average molecular weight is 371 g/mol. The molecule has 0 radical (unpaired) electrons. The number of aromatic amines is 1. The molecule has 0 aliphatic carbocycles. The molecule has 2 aliphatic heterocycles. The number of nitrogens with zero attached hydrogens (tertiary/aromatic N) is 2. The highest BCUT2D eigenvalue weighted by Gasteiger charge is 2.48. The summed E-state index contributed by atoms with van der Waals surface area (Å²) in [7, 11) is 1.63. The highest BCUT2D eigenvalue weighted by molar-refractivity contribution is 6.33. The predicted octanol–water partition coefficient (Wildman–Crippen LogP) is 0.576. The maximum absolute atomic E-state index is 9.78. The number of aromatic nitrogens is 3. The molecule has 25 heavy (non-hydrogen) atoms. The first-order chi connectivity index (χ1) is 12.2. The van der Waals surface area contributed by atoms with Gasteiger partial charge < -0.3 is 34.4 Å². The van der Waals surface area contributed by atoms with Gasteiger partial charge in [-0.05, 0) is 6.07 Å². The average Bonchev–Trinajstić information content (AvgIpc) is 3.26. The van der Waals surface area contributed by atoms with Crippen LogP contribution in [-0.4, -0.2) is 77.9 Å². The first kappa shape index (κ1) is 16.8. The van der Waals surface area contributed by atoms with Crippen molar-refractivity contribution in [3.8, 4) is 6.01 Å². The summed E-state index contributed by atoms with van der Waals surface area (Å²) in [5, 5.41) is 13.3. The molecule has 0 amide bonds. The Balaban J connectivity index is 1.49. The van der Waals surface area contributed by atoms with Gasteiger partial charge in [0.05, 0.1) is 30.4 Å². The van der Waals surface area contributed by atoms with E-state index in [4.69, 9.17) is 30.5 Å². The number of halogens is 1. The van der Waals surface area contributed by atoms with Crippen LogP contribution in [0.3, 0.4) is 0 Å². The molecule has 3 N–H and O–H groups in total. The van der Waals surface area contributed by atoms with E-state index in [-0.39, 0.29) is 24.9 Å². The van der Waals surface area contributed by atoms with Crippen molar-refractivity contribution < 1.29 is 24.1 Å². The maximum Gasteiger partial charge on any atom is 0.296 e. The van der Waals surface area contributed by atoms with Crippen LogP contribution < -0.4 is 10.1 Å². The second-order valence-electron chi connectivity index (χ2n) is 5.97. The molecule has 4 heterocycles. The minimum Gasteiger partial charge on any atom is -0.456 e. The Hall–Kier alpha value is -1.65. The van der Waals surface area contributed by atoms with Crippen molar-refractivity contribution in [2.75, 3.05) is 38.8 Å². The zero-order valence-electron chi connectivity index (χ0n) is 13.6. The second kappa shape index (κ2) is 6.93. The molecule has 2 saturated heterocycles. The summed E-state index contributed by atoms with van der Waals surface area (Å²) in [4.78, 5) is 11.8. The van der Waals surface area contributed by atoms with Crippen LogP contribution in [0.4, 0.5) is 5.82 Å². The van der Waals surface area contributed by atoms with Gasteiger partial charge >= 0.3 is 0 Å². The Morgan fingerprint density at radius 1 is 1.36 bits per heavy atom. The number of pyridine rings is 1. The molecule has 2 aromatic rings. The first-order valence-corrected chi connectivity index (χ1v) is 8.40. The van der Waals surface area contributed by atoms with Crippen LogP contribution in [0.1, 0.15) is 0 Å². The molecule has 0 saturated carbocycles. The van der Waals surface area contributed by atoms with Crippen molar-refractivity contribution in [3.05, 3.63) is 11.1 Å². The highest BCUT2D eigenvalue weighted by atomic mass is 35.5. The summed E-state index contributed by atoms with van der Waals surface area (Å²) in [6, 6.07) is 2.05. The van der Waals surface area contributed by atoms with Gasteiger partial charge in [-0.1, -0.05) is 11.6 Å². The van der Waals surface area contributed by atoms with Crippen LogP contribution in [-0.2, 0) is 14.2 Å². The Kier molecular flexibility index (Phi) is 4.65. The lowest BCUT2D eigenvalue weighted by molar-refractivity contribution is 0.00706. The smallest absolute Gasteiger partial charge is 0.296 e. The number of H-pyrrole nitrogens is 1. The summed E-state index contributed by atoms with van der Waals surface area (Å²) in [5.74, 6) is 0.538. The van der Waals surface area contributed by atoms with Crippen LogP contribution in [0.5, 0.6) is 6.01 Å². The topological polar surface area (TPSA) is 111 Å². The molecule has 2 aliphatic rings. The lowest BCUT2D eigenvalue weighted by Gasteiger charge is -2.15. The number of anilines is 1. The molecule has 0 bridgehead atoms. The maximum atomic E-state index is 9.78. The fraction of sp³-hybridized carbons (Fsp3) is 0.600. The summed E-state index contributed by atoms with van der Waals surface area (Å²) in [6.07, 6.45) is -1.60. The molecule has 9 nitrogen and oxygen atoms in total. The SMILES string of the molecule is COCCNc1nc2nc(O[C@@H]3CO[C@H]4[C@@H]3OC[C@H]4O)[nH]c2cc1Cl. The van der Waals surface area contributed by atoms with Crippen molar-refractivity contribution in [1.29, 1.82) is 0 Å². The van der Waals surface area contributed by atoms with Gasteiger partial charge in [-0.2, -0.15) is 4.98 Å². The Bertz CT molecular complexity index is 757. The number of fused-ring (bicyclic) bond motifs is 2. The molecular weight excluding hydrogens is 352 g/mol. The van der Waals surface area contributed by atoms with Gasteiger partial charge in [0.25, 0.3) is 6.01 Å². The van der Waals surface area contributed by atoms with E-state index in [1.807, 2.05) is 0 Å². The zero-order chi connectivity index (χ0) is 17.4. The molecular formula is C15H19ClN4O5. The molecule has 136 valence electrons. The van der Waals surface area contributed by atoms with Crippen LogP contribution in [0, 0.1) is 0 Å². The molecule has 0 unspecified atom stereocenters. The second-order valence-corrected chi connectivity index (χ2v) is 6.38. The Labute approximate surface area is 148 Å². The summed E-state index contributed by atoms with van der Waals surface area (Å²) in [6.45, 7) is 1.72. The minimum atomic E-state index is -0.615. The van der Waals surface area contributed by atoms with Gasteiger partial charge in [0.15, 0.2) is 11.8 Å². The monoisotopic (exact) mass is 370 g/mol. The summed E-state index contributed by atoms with van der Waals surface area (Å²) < 4.78 is 21.9. The third-order valence-electron chi connectivity index (χ3n) is 4.25. The molecule has 4 atom stereocenters. The van der Waals surface area contributed by atoms with Gasteiger partial charge in [-0.3, -0.25) is 0 Å². The van der Waals surface area contributed by atoms with Gasteiger partial charge in [-0.25, -0.2) is 4.98 Å². The van der Waals surface area contributed by atoms with E-state index in [0.29, 0.717) is 47.8 Å². The number of imidazole rings is 1. The number of methoxy groups -OCH3 is 1. The largest absolute Gasteiger partial charge is 0.456 e.